The monoisotopic (exact) mass is 281 g/mol. The van der Waals surface area contributed by atoms with E-state index in [0.29, 0.717) is 17.0 Å². The third-order valence-corrected chi connectivity index (χ3v) is 2.61. The van der Waals surface area contributed by atoms with E-state index < -0.39 is 0 Å². The van der Waals surface area contributed by atoms with Crippen LogP contribution in [-0.4, -0.2) is 21.1 Å². The van der Waals surface area contributed by atoms with Gasteiger partial charge in [-0.1, -0.05) is 12.1 Å². The lowest BCUT2D eigenvalue weighted by Gasteiger charge is -2.10. The van der Waals surface area contributed by atoms with Gasteiger partial charge in [0.05, 0.1) is 6.10 Å². The van der Waals surface area contributed by atoms with Crippen molar-refractivity contribution in [1.82, 2.24) is 15.0 Å². The van der Waals surface area contributed by atoms with E-state index in [1.807, 2.05) is 13.8 Å². The molecule has 0 amide bonds. The molecule has 0 N–H and O–H groups in total. The van der Waals surface area contributed by atoms with Crippen molar-refractivity contribution in [2.24, 2.45) is 0 Å². The maximum absolute atomic E-state index is 13.5. The minimum Gasteiger partial charge on any atom is -0.461 e. The van der Waals surface area contributed by atoms with Gasteiger partial charge >= 0.3 is 6.01 Å². The normalized spacial score (nSPS) is 10.8. The SMILES string of the molecule is Cc1c(F)cccc1-c1nc(Cl)nc(OC(C)C)n1. The van der Waals surface area contributed by atoms with Gasteiger partial charge < -0.3 is 4.74 Å². The van der Waals surface area contributed by atoms with Crippen molar-refractivity contribution in [3.05, 3.63) is 34.9 Å². The number of hydrogen-bond acceptors (Lipinski definition) is 4. The Labute approximate surface area is 115 Å². The van der Waals surface area contributed by atoms with Crippen molar-refractivity contribution in [2.45, 2.75) is 26.9 Å². The zero-order valence-corrected chi connectivity index (χ0v) is 11.6. The lowest BCUT2D eigenvalue weighted by Crippen LogP contribution is -2.10. The first-order chi connectivity index (χ1) is 8.97. The molecule has 6 heteroatoms. The second-order valence-electron chi connectivity index (χ2n) is 4.29. The summed E-state index contributed by atoms with van der Waals surface area (Å²) in [6.45, 7) is 5.36. The molecule has 1 aromatic heterocycles. The number of nitrogens with zero attached hydrogens (tertiary/aromatic N) is 3. The highest BCUT2D eigenvalue weighted by Gasteiger charge is 2.13. The van der Waals surface area contributed by atoms with Gasteiger partial charge in [-0.25, -0.2) is 4.39 Å². The van der Waals surface area contributed by atoms with Gasteiger partial charge in [-0.3, -0.25) is 0 Å². The van der Waals surface area contributed by atoms with Crippen LogP contribution < -0.4 is 4.74 Å². The second-order valence-corrected chi connectivity index (χ2v) is 4.63. The lowest BCUT2D eigenvalue weighted by molar-refractivity contribution is 0.222. The van der Waals surface area contributed by atoms with Crippen molar-refractivity contribution >= 4 is 11.6 Å². The first-order valence-corrected chi connectivity index (χ1v) is 6.19. The minimum absolute atomic E-state index is 0.0179. The maximum Gasteiger partial charge on any atom is 0.321 e. The molecule has 1 aromatic carbocycles. The predicted molar refractivity (Wildman–Crippen MR) is 70.7 cm³/mol. The van der Waals surface area contributed by atoms with Gasteiger partial charge in [0.2, 0.25) is 5.28 Å². The van der Waals surface area contributed by atoms with E-state index in [1.165, 1.54) is 6.07 Å². The Kier molecular flexibility index (Phi) is 3.95. The van der Waals surface area contributed by atoms with Crippen LogP contribution >= 0.6 is 11.6 Å². The van der Waals surface area contributed by atoms with E-state index in [4.69, 9.17) is 16.3 Å². The summed E-state index contributed by atoms with van der Waals surface area (Å²) in [5, 5.41) is 0.0179. The highest BCUT2D eigenvalue weighted by molar-refractivity contribution is 6.28. The molecule has 0 atom stereocenters. The number of rotatable bonds is 3. The van der Waals surface area contributed by atoms with Crippen LogP contribution in [0.5, 0.6) is 6.01 Å². The second kappa shape index (κ2) is 5.48. The molecular weight excluding hydrogens is 269 g/mol. The molecule has 0 spiro atoms. The summed E-state index contributed by atoms with van der Waals surface area (Å²) in [4.78, 5) is 12.0. The van der Waals surface area contributed by atoms with Crippen LogP contribution in [0.15, 0.2) is 18.2 Å². The molecule has 0 saturated heterocycles. The highest BCUT2D eigenvalue weighted by atomic mass is 35.5. The topological polar surface area (TPSA) is 47.9 Å². The van der Waals surface area contributed by atoms with Crippen molar-refractivity contribution < 1.29 is 9.13 Å². The summed E-state index contributed by atoms with van der Waals surface area (Å²) in [5.74, 6) is -0.0204. The molecule has 0 aliphatic carbocycles. The Hall–Kier alpha value is -1.75. The van der Waals surface area contributed by atoms with Gasteiger partial charge in [0, 0.05) is 5.56 Å². The average Bonchev–Trinajstić information content (AvgIpc) is 2.31. The highest BCUT2D eigenvalue weighted by Crippen LogP contribution is 2.24. The molecule has 100 valence electrons. The molecule has 2 aromatic rings. The predicted octanol–water partition coefficient (Wildman–Crippen LogP) is 3.43. The molecule has 0 aliphatic rings. The number of ether oxygens (including phenoxy) is 1. The summed E-state index contributed by atoms with van der Waals surface area (Å²) >= 11 is 5.84. The van der Waals surface area contributed by atoms with Crippen molar-refractivity contribution in [1.29, 1.82) is 0 Å². The summed E-state index contributed by atoms with van der Waals surface area (Å²) in [6.07, 6.45) is -0.0834. The Morgan fingerprint density at radius 3 is 2.63 bits per heavy atom. The summed E-state index contributed by atoms with van der Waals surface area (Å²) < 4.78 is 18.9. The molecule has 4 nitrogen and oxygen atoms in total. The molecule has 19 heavy (non-hydrogen) atoms. The molecule has 0 aliphatic heterocycles. The molecule has 2 rings (SSSR count). The Morgan fingerprint density at radius 2 is 1.95 bits per heavy atom. The Bertz CT molecular complexity index is 604. The number of hydrogen-bond donors (Lipinski definition) is 0. The van der Waals surface area contributed by atoms with Gasteiger partial charge in [-0.2, -0.15) is 15.0 Å². The zero-order valence-electron chi connectivity index (χ0n) is 10.8. The van der Waals surface area contributed by atoms with E-state index in [0.717, 1.165) is 0 Å². The molecule has 0 bridgehead atoms. The van der Waals surface area contributed by atoms with Crippen molar-refractivity contribution in [2.75, 3.05) is 0 Å². The van der Waals surface area contributed by atoms with Crippen LogP contribution in [0.4, 0.5) is 4.39 Å². The fraction of sp³-hybridized carbons (Fsp3) is 0.308. The van der Waals surface area contributed by atoms with E-state index in [9.17, 15) is 4.39 Å². The van der Waals surface area contributed by atoms with Crippen LogP contribution in [0.2, 0.25) is 5.28 Å². The largest absolute Gasteiger partial charge is 0.461 e. The molecule has 0 unspecified atom stereocenters. The maximum atomic E-state index is 13.5. The minimum atomic E-state index is -0.319. The van der Waals surface area contributed by atoms with E-state index in [2.05, 4.69) is 15.0 Å². The molecule has 0 fully saturated rings. The molecule has 0 radical (unpaired) electrons. The van der Waals surface area contributed by atoms with Gasteiger partial charge in [-0.05, 0) is 44.0 Å². The zero-order chi connectivity index (χ0) is 14.0. The van der Waals surface area contributed by atoms with E-state index in [-0.39, 0.29) is 23.2 Å². The molecule has 1 heterocycles. The molecule has 0 saturated carbocycles. The van der Waals surface area contributed by atoms with Gasteiger partial charge in [0.25, 0.3) is 0 Å². The molecular formula is C13H13ClFN3O. The van der Waals surface area contributed by atoms with Crippen LogP contribution in [0.3, 0.4) is 0 Å². The lowest BCUT2D eigenvalue weighted by atomic mass is 10.1. The quantitative estimate of drug-likeness (QED) is 0.865. The summed E-state index contributed by atoms with van der Waals surface area (Å²) in [7, 11) is 0. The van der Waals surface area contributed by atoms with Crippen LogP contribution in [0.25, 0.3) is 11.4 Å². The fourth-order valence-electron chi connectivity index (χ4n) is 1.57. The fourth-order valence-corrected chi connectivity index (χ4v) is 1.72. The van der Waals surface area contributed by atoms with Crippen LogP contribution in [0, 0.1) is 12.7 Å². The van der Waals surface area contributed by atoms with E-state index in [1.54, 1.807) is 19.1 Å². The third kappa shape index (κ3) is 3.17. The number of halogens is 2. The van der Waals surface area contributed by atoms with Gasteiger partial charge in [0.15, 0.2) is 5.82 Å². The summed E-state index contributed by atoms with van der Waals surface area (Å²) in [6, 6.07) is 4.84. The van der Waals surface area contributed by atoms with Gasteiger partial charge in [0.1, 0.15) is 5.82 Å². The van der Waals surface area contributed by atoms with E-state index >= 15 is 0 Å². The number of benzene rings is 1. The van der Waals surface area contributed by atoms with Crippen LogP contribution in [0.1, 0.15) is 19.4 Å². The Morgan fingerprint density at radius 1 is 1.21 bits per heavy atom. The number of aromatic nitrogens is 3. The van der Waals surface area contributed by atoms with Crippen LogP contribution in [-0.2, 0) is 0 Å². The van der Waals surface area contributed by atoms with Crippen molar-refractivity contribution in [3.8, 4) is 17.4 Å². The standard InChI is InChI=1S/C13H13ClFN3O/c1-7(2)19-13-17-11(16-12(14)18-13)9-5-4-6-10(15)8(9)3/h4-7H,1-3H3. The summed E-state index contributed by atoms with van der Waals surface area (Å²) in [5.41, 5.74) is 1.03. The smallest absolute Gasteiger partial charge is 0.321 e. The first kappa shape index (κ1) is 13.7. The average molecular weight is 282 g/mol. The third-order valence-electron chi connectivity index (χ3n) is 2.44. The van der Waals surface area contributed by atoms with Gasteiger partial charge in [-0.15, -0.1) is 0 Å². The van der Waals surface area contributed by atoms with Crippen molar-refractivity contribution in [3.63, 3.8) is 0 Å². The first-order valence-electron chi connectivity index (χ1n) is 5.81. The Balaban J connectivity index is 2.50.